The molecule has 1 atom stereocenters. The third-order valence-electron chi connectivity index (χ3n) is 2.74. The van der Waals surface area contributed by atoms with Crippen LogP contribution in [-0.2, 0) is 6.54 Å². The van der Waals surface area contributed by atoms with Gasteiger partial charge in [-0.15, -0.1) is 11.3 Å². The summed E-state index contributed by atoms with van der Waals surface area (Å²) in [5, 5.41) is 11.5. The van der Waals surface area contributed by atoms with Crippen molar-refractivity contribution < 1.29 is 5.11 Å². The van der Waals surface area contributed by atoms with Crippen molar-refractivity contribution in [3.8, 4) is 0 Å². The standard InChI is InChI=1S/C12H19N3OS/c1-9(2)15(6-10(3)16)8-11-7-14-4-5-17-12(14)13-11/h4-5,7,9-10,16H,6,8H2,1-3H3. The third-order valence-corrected chi connectivity index (χ3v) is 3.51. The zero-order chi connectivity index (χ0) is 12.4. The molecule has 0 aliphatic heterocycles. The van der Waals surface area contributed by atoms with Crippen molar-refractivity contribution in [2.75, 3.05) is 6.54 Å². The number of aliphatic hydroxyl groups excluding tert-OH is 1. The maximum atomic E-state index is 9.48. The summed E-state index contributed by atoms with van der Waals surface area (Å²) in [6.45, 7) is 7.57. The molecule has 17 heavy (non-hydrogen) atoms. The Labute approximate surface area is 106 Å². The Morgan fingerprint density at radius 3 is 2.82 bits per heavy atom. The first kappa shape index (κ1) is 12.5. The van der Waals surface area contributed by atoms with E-state index in [4.69, 9.17) is 0 Å². The Morgan fingerprint density at radius 2 is 2.24 bits per heavy atom. The van der Waals surface area contributed by atoms with Crippen molar-refractivity contribution in [2.45, 2.75) is 39.5 Å². The van der Waals surface area contributed by atoms with Crippen LogP contribution in [0.5, 0.6) is 0 Å². The molecule has 2 rings (SSSR count). The molecule has 0 saturated carbocycles. The Kier molecular flexibility index (Phi) is 3.81. The fourth-order valence-electron chi connectivity index (χ4n) is 1.86. The monoisotopic (exact) mass is 253 g/mol. The number of fused-ring (bicyclic) bond motifs is 1. The van der Waals surface area contributed by atoms with Crippen LogP contribution in [0.4, 0.5) is 0 Å². The van der Waals surface area contributed by atoms with Gasteiger partial charge in [0, 0.05) is 36.9 Å². The molecule has 0 bridgehead atoms. The number of imidazole rings is 1. The zero-order valence-electron chi connectivity index (χ0n) is 10.5. The summed E-state index contributed by atoms with van der Waals surface area (Å²) in [5.74, 6) is 0. The van der Waals surface area contributed by atoms with Crippen LogP contribution in [0.2, 0.25) is 0 Å². The highest BCUT2D eigenvalue weighted by Crippen LogP contribution is 2.14. The molecule has 1 N–H and O–H groups in total. The second-order valence-corrected chi connectivity index (χ2v) is 5.57. The van der Waals surface area contributed by atoms with E-state index in [2.05, 4.69) is 29.9 Å². The van der Waals surface area contributed by atoms with Crippen molar-refractivity contribution in [3.63, 3.8) is 0 Å². The normalized spacial score (nSPS) is 14.0. The van der Waals surface area contributed by atoms with E-state index >= 15 is 0 Å². The minimum atomic E-state index is -0.305. The van der Waals surface area contributed by atoms with Crippen LogP contribution in [-0.4, -0.2) is 38.1 Å². The lowest BCUT2D eigenvalue weighted by Gasteiger charge is -2.26. The van der Waals surface area contributed by atoms with Crippen LogP contribution >= 0.6 is 11.3 Å². The molecule has 0 spiro atoms. The van der Waals surface area contributed by atoms with Crippen LogP contribution < -0.4 is 0 Å². The van der Waals surface area contributed by atoms with Gasteiger partial charge in [0.15, 0.2) is 4.96 Å². The lowest BCUT2D eigenvalue weighted by molar-refractivity contribution is 0.102. The number of hydrogen-bond donors (Lipinski definition) is 1. The molecule has 2 heterocycles. The summed E-state index contributed by atoms with van der Waals surface area (Å²) in [4.78, 5) is 7.82. The Balaban J connectivity index is 2.09. The van der Waals surface area contributed by atoms with Crippen LogP contribution in [0.15, 0.2) is 17.8 Å². The van der Waals surface area contributed by atoms with Gasteiger partial charge in [-0.2, -0.15) is 0 Å². The molecule has 0 amide bonds. The molecule has 0 radical (unpaired) electrons. The summed E-state index contributed by atoms with van der Waals surface area (Å²) in [7, 11) is 0. The Morgan fingerprint density at radius 1 is 1.47 bits per heavy atom. The maximum absolute atomic E-state index is 9.48. The van der Waals surface area contributed by atoms with E-state index < -0.39 is 0 Å². The molecule has 2 aromatic rings. The quantitative estimate of drug-likeness (QED) is 0.886. The molecule has 0 fully saturated rings. The Bertz CT molecular complexity index is 446. The predicted molar refractivity (Wildman–Crippen MR) is 70.3 cm³/mol. The molecular formula is C12H19N3OS. The Hall–Kier alpha value is -0.910. The summed E-state index contributed by atoms with van der Waals surface area (Å²) in [5.41, 5.74) is 1.06. The predicted octanol–water partition coefficient (Wildman–Crippen LogP) is 1.99. The lowest BCUT2D eigenvalue weighted by Crippen LogP contribution is -2.36. The van der Waals surface area contributed by atoms with E-state index in [1.165, 1.54) is 0 Å². The van der Waals surface area contributed by atoms with E-state index in [1.54, 1.807) is 11.3 Å². The van der Waals surface area contributed by atoms with E-state index in [9.17, 15) is 5.11 Å². The van der Waals surface area contributed by atoms with Gasteiger partial charge in [0.1, 0.15) is 0 Å². The van der Waals surface area contributed by atoms with Crippen molar-refractivity contribution in [3.05, 3.63) is 23.5 Å². The van der Waals surface area contributed by atoms with Crippen LogP contribution in [0, 0.1) is 0 Å². The molecule has 4 nitrogen and oxygen atoms in total. The van der Waals surface area contributed by atoms with Crippen LogP contribution in [0.25, 0.3) is 4.96 Å². The first-order valence-electron chi connectivity index (χ1n) is 5.89. The first-order valence-corrected chi connectivity index (χ1v) is 6.77. The van der Waals surface area contributed by atoms with Gasteiger partial charge >= 0.3 is 0 Å². The van der Waals surface area contributed by atoms with Crippen molar-refractivity contribution in [1.82, 2.24) is 14.3 Å². The van der Waals surface area contributed by atoms with Gasteiger partial charge in [-0.05, 0) is 20.8 Å². The van der Waals surface area contributed by atoms with Crippen molar-refractivity contribution in [1.29, 1.82) is 0 Å². The summed E-state index contributed by atoms with van der Waals surface area (Å²) in [6, 6.07) is 0.407. The minimum Gasteiger partial charge on any atom is -0.392 e. The van der Waals surface area contributed by atoms with Gasteiger partial charge in [0.2, 0.25) is 0 Å². The van der Waals surface area contributed by atoms with Gasteiger partial charge in [-0.1, -0.05) is 0 Å². The van der Waals surface area contributed by atoms with E-state index in [0.717, 1.165) is 17.2 Å². The van der Waals surface area contributed by atoms with Crippen LogP contribution in [0.1, 0.15) is 26.5 Å². The maximum Gasteiger partial charge on any atom is 0.193 e. The lowest BCUT2D eigenvalue weighted by atomic mass is 10.2. The fraction of sp³-hybridized carbons (Fsp3) is 0.583. The molecule has 94 valence electrons. The number of thiazole rings is 1. The highest BCUT2D eigenvalue weighted by molar-refractivity contribution is 7.15. The first-order chi connectivity index (χ1) is 8.06. The van der Waals surface area contributed by atoms with E-state index in [0.29, 0.717) is 12.6 Å². The number of aromatic nitrogens is 2. The van der Waals surface area contributed by atoms with Gasteiger partial charge in [0.25, 0.3) is 0 Å². The summed E-state index contributed by atoms with van der Waals surface area (Å²) >= 11 is 1.64. The molecule has 0 aliphatic rings. The van der Waals surface area contributed by atoms with Crippen molar-refractivity contribution in [2.24, 2.45) is 0 Å². The topological polar surface area (TPSA) is 40.8 Å². The van der Waals surface area contributed by atoms with Crippen molar-refractivity contribution >= 4 is 16.3 Å². The summed E-state index contributed by atoms with van der Waals surface area (Å²) < 4.78 is 2.04. The molecule has 2 aromatic heterocycles. The van der Waals surface area contributed by atoms with Gasteiger partial charge in [-0.3, -0.25) is 9.30 Å². The molecule has 5 heteroatoms. The fourth-order valence-corrected chi connectivity index (χ4v) is 2.58. The molecule has 0 aliphatic carbocycles. The number of aliphatic hydroxyl groups is 1. The number of rotatable bonds is 5. The smallest absolute Gasteiger partial charge is 0.193 e. The van der Waals surface area contributed by atoms with E-state index in [1.807, 2.05) is 22.9 Å². The average molecular weight is 253 g/mol. The third kappa shape index (κ3) is 3.06. The zero-order valence-corrected chi connectivity index (χ0v) is 11.3. The van der Waals surface area contributed by atoms with E-state index in [-0.39, 0.29) is 6.10 Å². The van der Waals surface area contributed by atoms with Gasteiger partial charge in [-0.25, -0.2) is 4.98 Å². The molecule has 0 aromatic carbocycles. The second-order valence-electron chi connectivity index (χ2n) is 4.70. The average Bonchev–Trinajstić information content (AvgIpc) is 2.75. The molecule has 1 unspecified atom stereocenters. The van der Waals surface area contributed by atoms with Gasteiger partial charge in [0.05, 0.1) is 11.8 Å². The highest BCUT2D eigenvalue weighted by Gasteiger charge is 2.14. The second kappa shape index (κ2) is 5.16. The minimum absolute atomic E-state index is 0.305. The molecule has 0 saturated heterocycles. The van der Waals surface area contributed by atoms with Gasteiger partial charge < -0.3 is 5.11 Å². The SMILES string of the molecule is CC(O)CN(Cc1cn2ccsc2n1)C(C)C. The number of nitrogens with zero attached hydrogens (tertiary/aromatic N) is 3. The number of hydrogen-bond acceptors (Lipinski definition) is 4. The summed E-state index contributed by atoms with van der Waals surface area (Å²) in [6.07, 6.45) is 3.77. The molecular weight excluding hydrogens is 234 g/mol. The largest absolute Gasteiger partial charge is 0.392 e. The highest BCUT2D eigenvalue weighted by atomic mass is 32.1. The van der Waals surface area contributed by atoms with Crippen LogP contribution in [0.3, 0.4) is 0 Å².